The van der Waals surface area contributed by atoms with Gasteiger partial charge in [-0.3, -0.25) is 4.40 Å². The lowest BCUT2D eigenvalue weighted by Gasteiger charge is -2.29. The molecule has 0 unspecified atom stereocenters. The maximum Gasteiger partial charge on any atom is 0.240 e. The maximum absolute atomic E-state index is 14.7. The third kappa shape index (κ3) is 4.53. The number of imidazole rings is 1. The zero-order valence-electron chi connectivity index (χ0n) is 19.8. The molecule has 0 aliphatic carbocycles. The molecule has 1 N–H and O–H groups in total. The van der Waals surface area contributed by atoms with Crippen molar-refractivity contribution in [2.24, 2.45) is 5.92 Å². The quantitative estimate of drug-likeness (QED) is 0.382. The van der Waals surface area contributed by atoms with Crippen LogP contribution in [0.15, 0.2) is 48.9 Å². The fourth-order valence-electron chi connectivity index (χ4n) is 4.73. The third-order valence-corrected chi connectivity index (χ3v) is 6.56. The molecule has 0 spiro atoms. The number of aliphatic hydroxyl groups excluding tert-OH is 1. The minimum atomic E-state index is -0.850. The summed E-state index contributed by atoms with van der Waals surface area (Å²) < 4.78 is 37.3. The summed E-state index contributed by atoms with van der Waals surface area (Å²) in [6.07, 6.45) is 5.34. The largest absolute Gasteiger partial charge is 0.476 e. The molecule has 7 nitrogen and oxygen atoms in total. The predicted molar refractivity (Wildman–Crippen MR) is 132 cm³/mol. The number of hydrogen-bond donors (Lipinski definition) is 1. The Hall–Kier alpha value is -3.87. The molecule has 0 amide bonds. The van der Waals surface area contributed by atoms with Gasteiger partial charge in [0.15, 0.2) is 5.69 Å². The van der Waals surface area contributed by atoms with Crippen LogP contribution >= 0.6 is 0 Å². The van der Waals surface area contributed by atoms with Crippen molar-refractivity contribution in [1.29, 1.82) is 0 Å². The summed E-state index contributed by atoms with van der Waals surface area (Å²) in [5, 5.41) is 9.35. The molecule has 2 aromatic carbocycles. The highest BCUT2D eigenvalue weighted by molar-refractivity contribution is 5.82. The molecular formula is C27H25F2N5O2. The number of hydrogen-bond acceptors (Lipinski definition) is 5. The summed E-state index contributed by atoms with van der Waals surface area (Å²) in [5.41, 5.74) is 2.39. The fourth-order valence-corrected chi connectivity index (χ4v) is 4.73. The number of fused-ring (bicyclic) bond motifs is 1. The van der Waals surface area contributed by atoms with Crippen molar-refractivity contribution in [2.75, 3.05) is 26.7 Å². The second kappa shape index (κ2) is 10.0. The first-order chi connectivity index (χ1) is 17.5. The van der Waals surface area contributed by atoms with Crippen molar-refractivity contribution in [2.45, 2.75) is 19.4 Å². The molecular weight excluding hydrogens is 464 g/mol. The number of nitrogens with zero attached hydrogens (tertiary/aromatic N) is 5. The van der Waals surface area contributed by atoms with Crippen LogP contribution in [0.5, 0.6) is 5.88 Å². The van der Waals surface area contributed by atoms with Gasteiger partial charge in [-0.2, -0.15) is 0 Å². The number of aromatic nitrogens is 3. The van der Waals surface area contributed by atoms with Gasteiger partial charge in [0, 0.05) is 23.6 Å². The Balaban J connectivity index is 1.66. The molecule has 36 heavy (non-hydrogen) atoms. The first kappa shape index (κ1) is 23.9. The topological polar surface area (TPSA) is 67.2 Å². The van der Waals surface area contributed by atoms with E-state index in [1.165, 1.54) is 12.1 Å². The lowest BCUT2D eigenvalue weighted by Crippen LogP contribution is -2.34. The first-order valence-electron chi connectivity index (χ1n) is 11.7. The Kier molecular flexibility index (Phi) is 6.63. The van der Waals surface area contributed by atoms with Gasteiger partial charge in [0.2, 0.25) is 5.88 Å². The van der Waals surface area contributed by atoms with Gasteiger partial charge < -0.3 is 14.7 Å². The second-order valence-corrected chi connectivity index (χ2v) is 9.08. The summed E-state index contributed by atoms with van der Waals surface area (Å²) >= 11 is 0. The number of halogens is 2. The van der Waals surface area contributed by atoms with Gasteiger partial charge in [0.05, 0.1) is 43.7 Å². The van der Waals surface area contributed by atoms with Gasteiger partial charge >= 0.3 is 0 Å². The zero-order chi connectivity index (χ0) is 25.2. The summed E-state index contributed by atoms with van der Waals surface area (Å²) in [4.78, 5) is 14.8. The van der Waals surface area contributed by atoms with E-state index in [4.69, 9.17) is 16.3 Å². The van der Waals surface area contributed by atoms with Crippen LogP contribution in [0.1, 0.15) is 18.4 Å². The van der Waals surface area contributed by atoms with E-state index in [0.29, 0.717) is 46.6 Å². The van der Waals surface area contributed by atoms with E-state index in [-0.39, 0.29) is 5.56 Å². The van der Waals surface area contributed by atoms with Crippen molar-refractivity contribution in [3.8, 4) is 28.4 Å². The van der Waals surface area contributed by atoms with Crippen molar-refractivity contribution in [3.63, 3.8) is 0 Å². The van der Waals surface area contributed by atoms with Crippen LogP contribution in [0.4, 0.5) is 14.5 Å². The van der Waals surface area contributed by atoms with E-state index in [1.807, 2.05) is 0 Å². The van der Waals surface area contributed by atoms with Gasteiger partial charge in [0.1, 0.15) is 17.2 Å². The van der Waals surface area contributed by atoms with Gasteiger partial charge in [-0.1, -0.05) is 24.3 Å². The van der Waals surface area contributed by atoms with Crippen molar-refractivity contribution in [1.82, 2.24) is 19.3 Å². The average molecular weight is 490 g/mol. The molecule has 0 radical (unpaired) electrons. The van der Waals surface area contributed by atoms with E-state index >= 15 is 0 Å². The molecule has 0 bridgehead atoms. The molecule has 4 aromatic rings. The van der Waals surface area contributed by atoms with E-state index in [2.05, 4.69) is 21.8 Å². The molecule has 9 heteroatoms. The van der Waals surface area contributed by atoms with Gasteiger partial charge in [0.25, 0.3) is 0 Å². The van der Waals surface area contributed by atoms with E-state index in [0.717, 1.165) is 25.9 Å². The van der Waals surface area contributed by atoms with E-state index in [1.54, 1.807) is 41.2 Å². The Morgan fingerprint density at radius 1 is 1.17 bits per heavy atom. The van der Waals surface area contributed by atoms with Gasteiger partial charge in [-0.15, -0.1) is 0 Å². The van der Waals surface area contributed by atoms with Crippen molar-refractivity contribution in [3.05, 3.63) is 77.5 Å². The fraction of sp³-hybridized carbons (Fsp3) is 0.296. The average Bonchev–Trinajstić information content (AvgIpc) is 3.37. The standard InChI is InChI=1S/C27H25F2N5O2/c1-30-20-7-5-18(6-8-20)25-26(19-10-22(28)21(14-35)23(29)11-19)34-16-31-12-24(34)27(32-25)36-15-17-4-3-9-33(2)13-17/h5-8,10-12,16-17,35H,3-4,9,13-15H2,2H3/t17-/m1/s1. The maximum atomic E-state index is 14.7. The van der Waals surface area contributed by atoms with Crippen LogP contribution < -0.4 is 4.74 Å². The Morgan fingerprint density at radius 3 is 2.58 bits per heavy atom. The molecule has 1 aliphatic rings. The molecule has 184 valence electrons. The van der Waals surface area contributed by atoms with Crippen molar-refractivity contribution < 1.29 is 18.6 Å². The predicted octanol–water partition coefficient (Wildman–Crippen LogP) is 5.11. The molecule has 0 saturated carbocycles. The minimum Gasteiger partial charge on any atom is -0.476 e. The second-order valence-electron chi connectivity index (χ2n) is 9.08. The SMILES string of the molecule is [C-]#[N+]c1ccc(-c2nc(OC[C@@H]3CCCN(C)C3)c3cncn3c2-c2cc(F)c(CO)c(F)c2)cc1. The Bertz CT molecular complexity index is 1420. The van der Waals surface area contributed by atoms with Crippen LogP contribution in [-0.4, -0.2) is 51.1 Å². The first-order valence-corrected chi connectivity index (χ1v) is 11.7. The minimum absolute atomic E-state index is 0.238. The Labute approximate surface area is 207 Å². The zero-order valence-corrected chi connectivity index (χ0v) is 19.8. The summed E-state index contributed by atoms with van der Waals surface area (Å²) in [6, 6.07) is 9.19. The lowest BCUT2D eigenvalue weighted by atomic mass is 9.99. The van der Waals surface area contributed by atoms with Crippen molar-refractivity contribution >= 4 is 11.2 Å². The highest BCUT2D eigenvalue weighted by Gasteiger charge is 2.23. The number of ether oxygens (including phenoxy) is 1. The summed E-state index contributed by atoms with van der Waals surface area (Å²) in [6.45, 7) is 8.99. The number of benzene rings is 2. The van der Waals surface area contributed by atoms with E-state index < -0.39 is 23.8 Å². The van der Waals surface area contributed by atoms with Gasteiger partial charge in [-0.05, 0) is 44.1 Å². The van der Waals surface area contributed by atoms with Crippen LogP contribution in [0.2, 0.25) is 0 Å². The molecule has 1 atom stereocenters. The monoisotopic (exact) mass is 489 g/mol. The van der Waals surface area contributed by atoms with Crippen LogP contribution in [0.3, 0.4) is 0 Å². The summed E-state index contributed by atoms with van der Waals surface area (Å²) in [5.74, 6) is -0.959. The third-order valence-electron chi connectivity index (χ3n) is 6.56. The molecule has 5 rings (SSSR count). The highest BCUT2D eigenvalue weighted by atomic mass is 19.1. The number of aliphatic hydroxyl groups is 1. The number of likely N-dealkylation sites (tertiary alicyclic amines) is 1. The summed E-state index contributed by atoms with van der Waals surface area (Å²) in [7, 11) is 2.10. The smallest absolute Gasteiger partial charge is 0.240 e. The molecule has 1 aliphatic heterocycles. The number of rotatable bonds is 6. The van der Waals surface area contributed by atoms with Crippen LogP contribution in [-0.2, 0) is 6.61 Å². The molecule has 1 fully saturated rings. The number of piperidine rings is 1. The molecule has 1 saturated heterocycles. The molecule has 3 heterocycles. The highest BCUT2D eigenvalue weighted by Crippen LogP contribution is 2.37. The lowest BCUT2D eigenvalue weighted by molar-refractivity contribution is 0.148. The van der Waals surface area contributed by atoms with E-state index in [9.17, 15) is 13.9 Å². The Morgan fingerprint density at radius 2 is 1.92 bits per heavy atom. The van der Waals surface area contributed by atoms with Crippen LogP contribution in [0.25, 0.3) is 32.9 Å². The van der Waals surface area contributed by atoms with Gasteiger partial charge in [-0.25, -0.2) is 23.6 Å². The molecule has 2 aromatic heterocycles. The van der Waals surface area contributed by atoms with Crippen LogP contribution in [0, 0.1) is 24.1 Å². The normalized spacial score (nSPS) is 16.2.